The second-order valence-corrected chi connectivity index (χ2v) is 4.68. The van der Waals surface area contributed by atoms with Crippen LogP contribution in [0.25, 0.3) is 11.8 Å². The number of hydrogen-bond acceptors (Lipinski definition) is 4. The first kappa shape index (κ1) is 14.7. The lowest BCUT2D eigenvalue weighted by atomic mass is 10.1. The molecule has 0 fully saturated rings. The van der Waals surface area contributed by atoms with E-state index in [0.29, 0.717) is 16.8 Å². The van der Waals surface area contributed by atoms with Crippen LogP contribution in [-0.2, 0) is 0 Å². The molecule has 0 aliphatic carbocycles. The Balaban J connectivity index is 1.82. The zero-order valence-corrected chi connectivity index (χ0v) is 11.7. The Morgan fingerprint density at radius 2 is 1.96 bits per heavy atom. The van der Waals surface area contributed by atoms with E-state index in [9.17, 15) is 13.6 Å². The Hall–Kier alpha value is -3.22. The lowest BCUT2D eigenvalue weighted by Gasteiger charge is -2.01. The van der Waals surface area contributed by atoms with Gasteiger partial charge in [0.25, 0.3) is 0 Å². The van der Waals surface area contributed by atoms with Crippen molar-refractivity contribution in [2.24, 2.45) is 0 Å². The molecule has 1 heterocycles. The predicted molar refractivity (Wildman–Crippen MR) is 78.9 cm³/mol. The summed E-state index contributed by atoms with van der Waals surface area (Å²) in [5.74, 6) is -2.16. The van der Waals surface area contributed by atoms with Gasteiger partial charge in [0.2, 0.25) is 0 Å². The third kappa shape index (κ3) is 3.34. The van der Waals surface area contributed by atoms with Crippen LogP contribution in [0.4, 0.5) is 8.78 Å². The van der Waals surface area contributed by atoms with Gasteiger partial charge in [0, 0.05) is 5.56 Å². The highest BCUT2D eigenvalue weighted by Gasteiger charge is 2.06. The molecule has 0 saturated carbocycles. The van der Waals surface area contributed by atoms with E-state index in [-0.39, 0.29) is 5.78 Å². The summed E-state index contributed by atoms with van der Waals surface area (Å²) < 4.78 is 27.4. The highest BCUT2D eigenvalue weighted by molar-refractivity contribution is 6.07. The maximum Gasteiger partial charge on any atom is 0.185 e. The normalized spacial score (nSPS) is 11.0. The summed E-state index contributed by atoms with van der Waals surface area (Å²) in [7, 11) is 0. The number of benzene rings is 2. The Morgan fingerprint density at radius 1 is 1.09 bits per heavy atom. The van der Waals surface area contributed by atoms with Gasteiger partial charge >= 0.3 is 0 Å². The lowest BCUT2D eigenvalue weighted by molar-refractivity contribution is 0.104. The number of rotatable bonds is 4. The van der Waals surface area contributed by atoms with Crippen molar-refractivity contribution < 1.29 is 13.6 Å². The summed E-state index contributed by atoms with van der Waals surface area (Å²) in [6, 6.07) is 10.2. The fourth-order valence-corrected chi connectivity index (χ4v) is 1.97. The monoisotopic (exact) mass is 312 g/mol. The van der Waals surface area contributed by atoms with Crippen molar-refractivity contribution in [2.45, 2.75) is 0 Å². The molecule has 0 unspecified atom stereocenters. The standard InChI is InChI=1S/C16H10F2N4O/c17-14-6-4-11(8-15(14)18)5-7-16(23)12-2-1-3-13(9-12)22-10-19-20-21-22/h1-10H. The van der Waals surface area contributed by atoms with Crippen molar-refractivity contribution in [3.8, 4) is 5.69 Å². The molecule has 1 aromatic heterocycles. The van der Waals surface area contributed by atoms with Crippen LogP contribution in [0.1, 0.15) is 15.9 Å². The molecule has 0 N–H and O–H groups in total. The average Bonchev–Trinajstić information content (AvgIpc) is 3.10. The average molecular weight is 312 g/mol. The van der Waals surface area contributed by atoms with Gasteiger partial charge in [-0.05, 0) is 46.3 Å². The van der Waals surface area contributed by atoms with Gasteiger partial charge in [0.1, 0.15) is 6.33 Å². The maximum absolute atomic E-state index is 13.1. The molecule has 0 aliphatic heterocycles. The first-order valence-corrected chi connectivity index (χ1v) is 6.64. The predicted octanol–water partition coefficient (Wildman–Crippen LogP) is 2.84. The van der Waals surface area contributed by atoms with E-state index in [4.69, 9.17) is 0 Å². The van der Waals surface area contributed by atoms with Crippen molar-refractivity contribution in [3.05, 3.63) is 77.6 Å². The van der Waals surface area contributed by atoms with Crippen molar-refractivity contribution in [3.63, 3.8) is 0 Å². The Kier molecular flexibility index (Phi) is 4.01. The van der Waals surface area contributed by atoms with Gasteiger partial charge in [0.15, 0.2) is 17.4 Å². The summed E-state index contributed by atoms with van der Waals surface area (Å²) in [4.78, 5) is 12.2. The van der Waals surface area contributed by atoms with Gasteiger partial charge in [-0.1, -0.05) is 24.3 Å². The topological polar surface area (TPSA) is 60.7 Å². The quantitative estimate of drug-likeness (QED) is 0.549. The number of carbonyl (C=O) groups is 1. The first-order chi connectivity index (χ1) is 11.1. The molecular formula is C16H10F2N4O. The summed E-state index contributed by atoms with van der Waals surface area (Å²) in [5.41, 5.74) is 1.47. The van der Waals surface area contributed by atoms with Crippen LogP contribution in [-0.4, -0.2) is 26.0 Å². The molecule has 5 nitrogen and oxygen atoms in total. The van der Waals surface area contributed by atoms with Crippen LogP contribution >= 0.6 is 0 Å². The molecule has 0 bridgehead atoms. The number of carbonyl (C=O) groups excluding carboxylic acids is 1. The van der Waals surface area contributed by atoms with Gasteiger partial charge in [-0.2, -0.15) is 0 Å². The second-order valence-electron chi connectivity index (χ2n) is 4.68. The van der Waals surface area contributed by atoms with Gasteiger partial charge in [0.05, 0.1) is 5.69 Å². The minimum atomic E-state index is -0.958. The molecule has 7 heteroatoms. The Bertz CT molecular complexity index is 876. The van der Waals surface area contributed by atoms with E-state index in [1.54, 1.807) is 24.3 Å². The number of ketones is 1. The molecule has 114 valence electrons. The van der Waals surface area contributed by atoms with Crippen molar-refractivity contribution in [2.75, 3.05) is 0 Å². The van der Waals surface area contributed by atoms with Crippen LogP contribution in [0.5, 0.6) is 0 Å². The summed E-state index contributed by atoms with van der Waals surface area (Å²) >= 11 is 0. The zero-order valence-electron chi connectivity index (χ0n) is 11.7. The van der Waals surface area contributed by atoms with Crippen molar-refractivity contribution >= 4 is 11.9 Å². The van der Waals surface area contributed by atoms with E-state index in [0.717, 1.165) is 12.1 Å². The van der Waals surface area contributed by atoms with Gasteiger partial charge in [-0.3, -0.25) is 4.79 Å². The van der Waals surface area contributed by atoms with Crippen LogP contribution in [0.15, 0.2) is 54.9 Å². The number of halogens is 2. The Morgan fingerprint density at radius 3 is 2.70 bits per heavy atom. The number of nitrogens with zero attached hydrogens (tertiary/aromatic N) is 4. The molecule has 0 aliphatic rings. The van der Waals surface area contributed by atoms with Crippen molar-refractivity contribution in [1.29, 1.82) is 0 Å². The van der Waals surface area contributed by atoms with E-state index >= 15 is 0 Å². The number of tetrazole rings is 1. The van der Waals surface area contributed by atoms with Crippen molar-refractivity contribution in [1.82, 2.24) is 20.2 Å². The van der Waals surface area contributed by atoms with Crippen LogP contribution in [0.2, 0.25) is 0 Å². The van der Waals surface area contributed by atoms with Gasteiger partial charge in [-0.15, -0.1) is 5.10 Å². The number of aromatic nitrogens is 4. The van der Waals surface area contributed by atoms with E-state index in [1.807, 2.05) is 0 Å². The fraction of sp³-hybridized carbons (Fsp3) is 0. The highest BCUT2D eigenvalue weighted by atomic mass is 19.2. The summed E-state index contributed by atoms with van der Waals surface area (Å²) in [6.07, 6.45) is 4.14. The molecule has 0 spiro atoms. The van der Waals surface area contributed by atoms with Crippen LogP contribution in [0.3, 0.4) is 0 Å². The number of hydrogen-bond donors (Lipinski definition) is 0. The van der Waals surface area contributed by atoms with Crippen LogP contribution < -0.4 is 0 Å². The smallest absolute Gasteiger partial charge is 0.185 e. The summed E-state index contributed by atoms with van der Waals surface area (Å²) in [6.45, 7) is 0. The van der Waals surface area contributed by atoms with Gasteiger partial charge < -0.3 is 0 Å². The second kappa shape index (κ2) is 6.27. The van der Waals surface area contributed by atoms with E-state index < -0.39 is 11.6 Å². The maximum atomic E-state index is 13.1. The highest BCUT2D eigenvalue weighted by Crippen LogP contribution is 2.13. The Labute approximate surface area is 129 Å². The minimum absolute atomic E-state index is 0.273. The van der Waals surface area contributed by atoms with E-state index in [2.05, 4.69) is 15.5 Å². The zero-order chi connectivity index (χ0) is 16.2. The largest absolute Gasteiger partial charge is 0.289 e. The number of allylic oxidation sites excluding steroid dienone is 1. The molecule has 0 atom stereocenters. The first-order valence-electron chi connectivity index (χ1n) is 6.64. The minimum Gasteiger partial charge on any atom is -0.289 e. The SMILES string of the molecule is O=C(C=Cc1ccc(F)c(F)c1)c1cccc(-n2cnnn2)c1. The van der Waals surface area contributed by atoms with Crippen LogP contribution in [0, 0.1) is 11.6 Å². The molecule has 3 aromatic rings. The van der Waals surface area contributed by atoms with Gasteiger partial charge in [-0.25, -0.2) is 13.5 Å². The molecule has 3 rings (SSSR count). The molecule has 23 heavy (non-hydrogen) atoms. The lowest BCUT2D eigenvalue weighted by Crippen LogP contribution is -1.99. The fourth-order valence-electron chi connectivity index (χ4n) is 1.97. The third-order valence-corrected chi connectivity index (χ3v) is 3.12. The van der Waals surface area contributed by atoms with E-state index in [1.165, 1.54) is 29.2 Å². The molecule has 0 saturated heterocycles. The molecule has 0 radical (unpaired) electrons. The summed E-state index contributed by atoms with van der Waals surface area (Å²) in [5, 5.41) is 10.8. The molecule has 2 aromatic carbocycles. The third-order valence-electron chi connectivity index (χ3n) is 3.12. The molecule has 0 amide bonds. The molecular weight excluding hydrogens is 302 g/mol.